The van der Waals surface area contributed by atoms with Crippen LogP contribution in [0.5, 0.6) is 0 Å². The fraction of sp³-hybridized carbons (Fsp3) is 0.824. The summed E-state index contributed by atoms with van der Waals surface area (Å²) in [6.07, 6.45) is 17.8. The molecule has 2 heteroatoms. The van der Waals surface area contributed by atoms with Crippen molar-refractivity contribution >= 4 is 0 Å². The lowest BCUT2D eigenvalue weighted by Gasteiger charge is -2.01. The molecule has 1 aromatic heterocycles. The second-order valence-electron chi connectivity index (χ2n) is 6.22. The van der Waals surface area contributed by atoms with E-state index in [4.69, 9.17) is 0 Å². The van der Waals surface area contributed by atoms with Crippen molar-refractivity contribution in [1.82, 2.24) is 4.57 Å². The highest BCUT2D eigenvalue weighted by Crippen LogP contribution is 2.08. The molecule has 2 nitrogen and oxygen atoms in total. The third kappa shape index (κ3) is 8.07. The average Bonchev–Trinajstić information content (AvgIpc) is 2.79. The molecule has 0 N–H and O–H groups in total. The quantitative estimate of drug-likeness (QED) is 0.409. The first-order valence-corrected chi connectivity index (χ1v) is 8.27. The van der Waals surface area contributed by atoms with Crippen molar-refractivity contribution in [3.05, 3.63) is 18.7 Å². The third-order valence-corrected chi connectivity index (χ3v) is 3.59. The van der Waals surface area contributed by atoms with E-state index in [-0.39, 0.29) is 0 Å². The zero-order chi connectivity index (χ0) is 13.9. The van der Waals surface area contributed by atoms with Crippen molar-refractivity contribution in [1.29, 1.82) is 0 Å². The van der Waals surface area contributed by atoms with Gasteiger partial charge in [0, 0.05) is 0 Å². The molecule has 1 heterocycles. The highest BCUT2D eigenvalue weighted by atomic mass is 15.1. The molecule has 0 aliphatic heterocycles. The maximum Gasteiger partial charge on any atom is 0.243 e. The predicted octanol–water partition coefficient (Wildman–Crippen LogP) is 4.57. The van der Waals surface area contributed by atoms with Crippen LogP contribution >= 0.6 is 0 Å². The van der Waals surface area contributed by atoms with Crippen LogP contribution in [-0.2, 0) is 13.1 Å². The van der Waals surface area contributed by atoms with Crippen LogP contribution in [0.1, 0.15) is 72.1 Å². The monoisotopic (exact) mass is 265 g/mol. The van der Waals surface area contributed by atoms with Gasteiger partial charge in [-0.2, -0.15) is 0 Å². The lowest BCUT2D eigenvalue weighted by atomic mass is 10.1. The van der Waals surface area contributed by atoms with Gasteiger partial charge in [-0.05, 0) is 18.8 Å². The molecule has 0 aromatic carbocycles. The SMILES string of the molecule is CCCCCCCCCCn1cc[n+](CC(C)C)c1. The minimum absolute atomic E-state index is 0.726. The van der Waals surface area contributed by atoms with E-state index in [9.17, 15) is 0 Å². The summed E-state index contributed by atoms with van der Waals surface area (Å²) < 4.78 is 4.63. The Morgan fingerprint density at radius 2 is 1.58 bits per heavy atom. The predicted molar refractivity (Wildman–Crippen MR) is 82.1 cm³/mol. The normalized spacial score (nSPS) is 11.4. The summed E-state index contributed by atoms with van der Waals surface area (Å²) >= 11 is 0. The van der Waals surface area contributed by atoms with Crippen molar-refractivity contribution < 1.29 is 4.57 Å². The van der Waals surface area contributed by atoms with Crippen LogP contribution in [0.25, 0.3) is 0 Å². The molecule has 19 heavy (non-hydrogen) atoms. The van der Waals surface area contributed by atoms with Gasteiger partial charge in [0.1, 0.15) is 12.4 Å². The van der Waals surface area contributed by atoms with Crippen LogP contribution in [0.3, 0.4) is 0 Å². The Morgan fingerprint density at radius 1 is 0.947 bits per heavy atom. The fourth-order valence-corrected chi connectivity index (χ4v) is 2.53. The molecule has 0 aliphatic carbocycles. The summed E-state index contributed by atoms with van der Waals surface area (Å²) in [5.74, 6) is 0.726. The molecule has 110 valence electrons. The molecule has 0 fully saturated rings. The number of hydrogen-bond acceptors (Lipinski definition) is 0. The summed E-state index contributed by atoms with van der Waals surface area (Å²) in [4.78, 5) is 0. The van der Waals surface area contributed by atoms with Crippen LogP contribution in [0, 0.1) is 5.92 Å². The van der Waals surface area contributed by atoms with E-state index in [1.807, 2.05) is 0 Å². The summed E-state index contributed by atoms with van der Waals surface area (Å²) in [6.45, 7) is 9.12. The largest absolute Gasteiger partial charge is 0.243 e. The number of imidazole rings is 1. The van der Waals surface area contributed by atoms with Crippen LogP contribution in [0.2, 0.25) is 0 Å². The van der Waals surface area contributed by atoms with Crippen molar-refractivity contribution in [2.45, 2.75) is 85.2 Å². The van der Waals surface area contributed by atoms with E-state index in [0.717, 1.165) is 12.5 Å². The average molecular weight is 265 g/mol. The highest BCUT2D eigenvalue weighted by molar-refractivity contribution is 4.66. The molecular weight excluding hydrogens is 232 g/mol. The van der Waals surface area contributed by atoms with Gasteiger partial charge in [0.2, 0.25) is 6.33 Å². The molecule has 0 saturated carbocycles. The second kappa shape index (κ2) is 10.1. The molecule has 0 aliphatic rings. The summed E-state index contributed by atoms with van der Waals surface area (Å²) in [7, 11) is 0. The Balaban J connectivity index is 2.01. The summed E-state index contributed by atoms with van der Waals surface area (Å²) in [6, 6.07) is 0. The van der Waals surface area contributed by atoms with E-state index < -0.39 is 0 Å². The van der Waals surface area contributed by atoms with Gasteiger partial charge in [-0.15, -0.1) is 0 Å². The number of aryl methyl sites for hydroxylation is 1. The van der Waals surface area contributed by atoms with E-state index in [0.29, 0.717) is 0 Å². The summed E-state index contributed by atoms with van der Waals surface area (Å²) in [5.41, 5.74) is 0. The van der Waals surface area contributed by atoms with Gasteiger partial charge in [-0.25, -0.2) is 9.13 Å². The lowest BCUT2D eigenvalue weighted by Crippen LogP contribution is -2.33. The molecule has 1 aromatic rings. The molecule has 0 spiro atoms. The standard InChI is InChI=1S/C17H33N2/c1-4-5-6-7-8-9-10-11-12-18-13-14-19(16-18)15-17(2)3/h13-14,16-17H,4-12,15H2,1-3H3/q+1. The van der Waals surface area contributed by atoms with Crippen LogP contribution in [0.4, 0.5) is 0 Å². The smallest absolute Gasteiger partial charge is 0.237 e. The van der Waals surface area contributed by atoms with Gasteiger partial charge in [0.15, 0.2) is 0 Å². The van der Waals surface area contributed by atoms with E-state index in [1.165, 1.54) is 57.9 Å². The van der Waals surface area contributed by atoms with Gasteiger partial charge < -0.3 is 0 Å². The van der Waals surface area contributed by atoms with Crippen molar-refractivity contribution in [3.8, 4) is 0 Å². The number of hydrogen-bond donors (Lipinski definition) is 0. The first-order valence-electron chi connectivity index (χ1n) is 8.27. The maximum absolute atomic E-state index is 2.33. The van der Waals surface area contributed by atoms with Gasteiger partial charge >= 0.3 is 0 Å². The van der Waals surface area contributed by atoms with Gasteiger partial charge in [0.05, 0.1) is 13.1 Å². The molecule has 0 bridgehead atoms. The van der Waals surface area contributed by atoms with E-state index in [1.54, 1.807) is 0 Å². The topological polar surface area (TPSA) is 8.81 Å². The van der Waals surface area contributed by atoms with Crippen molar-refractivity contribution in [2.24, 2.45) is 5.92 Å². The van der Waals surface area contributed by atoms with Gasteiger partial charge in [-0.1, -0.05) is 59.3 Å². The van der Waals surface area contributed by atoms with Crippen LogP contribution in [-0.4, -0.2) is 4.57 Å². The summed E-state index contributed by atoms with van der Waals surface area (Å²) in [5, 5.41) is 0. The first-order chi connectivity index (χ1) is 9.22. The number of aromatic nitrogens is 2. The van der Waals surface area contributed by atoms with Gasteiger partial charge in [-0.3, -0.25) is 0 Å². The Morgan fingerprint density at radius 3 is 2.21 bits per heavy atom. The minimum atomic E-state index is 0.726. The number of unbranched alkanes of at least 4 members (excludes halogenated alkanes) is 7. The number of rotatable bonds is 11. The van der Waals surface area contributed by atoms with Crippen LogP contribution in [0.15, 0.2) is 18.7 Å². The van der Waals surface area contributed by atoms with Crippen molar-refractivity contribution in [3.63, 3.8) is 0 Å². The lowest BCUT2D eigenvalue weighted by molar-refractivity contribution is -0.701. The molecule has 0 radical (unpaired) electrons. The molecule has 0 amide bonds. The second-order valence-corrected chi connectivity index (χ2v) is 6.22. The highest BCUT2D eigenvalue weighted by Gasteiger charge is 2.05. The Kier molecular flexibility index (Phi) is 8.61. The molecule has 0 atom stereocenters. The Hall–Kier alpha value is -0.790. The maximum atomic E-state index is 2.33. The zero-order valence-electron chi connectivity index (χ0n) is 13.3. The molecule has 0 unspecified atom stereocenters. The Labute approximate surface area is 119 Å². The molecular formula is C17H33N2+. The van der Waals surface area contributed by atoms with Gasteiger partial charge in [0.25, 0.3) is 0 Å². The van der Waals surface area contributed by atoms with Crippen molar-refractivity contribution in [2.75, 3.05) is 0 Å². The third-order valence-electron chi connectivity index (χ3n) is 3.59. The molecule has 0 saturated heterocycles. The first kappa shape index (κ1) is 16.3. The zero-order valence-corrected chi connectivity index (χ0v) is 13.3. The molecule has 1 rings (SSSR count). The Bertz CT molecular complexity index is 315. The number of nitrogens with zero attached hydrogens (tertiary/aromatic N) is 2. The van der Waals surface area contributed by atoms with E-state index in [2.05, 4.69) is 48.6 Å². The van der Waals surface area contributed by atoms with E-state index >= 15 is 0 Å². The fourth-order valence-electron chi connectivity index (χ4n) is 2.53. The van der Waals surface area contributed by atoms with Crippen LogP contribution < -0.4 is 4.57 Å². The minimum Gasteiger partial charge on any atom is -0.237 e.